The van der Waals surface area contributed by atoms with Crippen molar-refractivity contribution < 1.29 is 9.59 Å². The van der Waals surface area contributed by atoms with Gasteiger partial charge in [0.05, 0.1) is 0 Å². The molecule has 0 aromatic heterocycles. The fourth-order valence-electron chi connectivity index (χ4n) is 5.71. The smallest absolute Gasteiger partial charge is 0.220 e. The number of carbonyl (C=O) groups excluding carboxylic acids is 2. The lowest BCUT2D eigenvalue weighted by Crippen LogP contribution is -2.41. The third-order valence-electron chi connectivity index (χ3n) is 8.53. The first kappa shape index (κ1) is 39.9. The largest absolute Gasteiger partial charge is 0.354 e. The Morgan fingerprint density at radius 2 is 0.683 bits per heavy atom. The summed E-state index contributed by atoms with van der Waals surface area (Å²) < 4.78 is 0. The summed E-state index contributed by atoms with van der Waals surface area (Å²) in [5, 5.41) is 6.05. The summed E-state index contributed by atoms with van der Waals surface area (Å²) >= 11 is 0. The molecule has 0 rings (SSSR count). The van der Waals surface area contributed by atoms with Crippen molar-refractivity contribution in [2.75, 3.05) is 6.54 Å². The number of hydrogen-bond donors (Lipinski definition) is 2. The average Bonchev–Trinajstić information content (AvgIpc) is 2.96. The summed E-state index contributed by atoms with van der Waals surface area (Å²) in [5.74, 6) is 0.245. The SMILES string of the molecule is CCCCCCCCCCCCCCCCCC(=O)N[C@H](C)CNC(=O)CCCCCCCCCCCCCCC. The van der Waals surface area contributed by atoms with E-state index in [1.54, 1.807) is 0 Å². The van der Waals surface area contributed by atoms with Gasteiger partial charge in [-0.1, -0.05) is 181 Å². The molecule has 0 aromatic rings. The van der Waals surface area contributed by atoms with Crippen LogP contribution in [0.5, 0.6) is 0 Å². The predicted molar refractivity (Wildman–Crippen MR) is 180 cm³/mol. The molecule has 0 bridgehead atoms. The molecule has 4 heteroatoms. The quantitative estimate of drug-likeness (QED) is 0.0761. The molecule has 0 fully saturated rings. The van der Waals surface area contributed by atoms with Crippen molar-refractivity contribution in [2.45, 2.75) is 219 Å². The standard InChI is InChI=1S/C37H74N2O2/c1-4-6-8-10-12-14-16-18-19-21-23-25-27-29-31-33-37(41)39-35(3)34-38-36(40)32-30-28-26-24-22-20-17-15-13-11-9-7-5-2/h35H,4-34H2,1-3H3,(H,38,40)(H,39,41)/t35-/m1/s1. The summed E-state index contributed by atoms with van der Waals surface area (Å²) in [4.78, 5) is 24.4. The Morgan fingerprint density at radius 3 is 1.00 bits per heavy atom. The van der Waals surface area contributed by atoms with E-state index >= 15 is 0 Å². The first-order valence-electron chi connectivity index (χ1n) is 18.7. The lowest BCUT2D eigenvalue weighted by atomic mass is 10.0. The van der Waals surface area contributed by atoms with Gasteiger partial charge < -0.3 is 10.6 Å². The lowest BCUT2D eigenvalue weighted by molar-refractivity contribution is -0.123. The summed E-state index contributed by atoms with van der Waals surface area (Å²) in [6.07, 6.45) is 38.5. The van der Waals surface area contributed by atoms with E-state index in [2.05, 4.69) is 24.5 Å². The van der Waals surface area contributed by atoms with Crippen molar-refractivity contribution in [1.29, 1.82) is 0 Å². The summed E-state index contributed by atoms with van der Waals surface area (Å²) in [6.45, 7) is 7.07. The van der Waals surface area contributed by atoms with Crippen molar-refractivity contribution in [2.24, 2.45) is 0 Å². The first-order chi connectivity index (χ1) is 20.1. The van der Waals surface area contributed by atoms with Gasteiger partial charge in [0.25, 0.3) is 0 Å². The van der Waals surface area contributed by atoms with E-state index < -0.39 is 0 Å². The van der Waals surface area contributed by atoms with Crippen molar-refractivity contribution in [3.63, 3.8) is 0 Å². The molecule has 0 saturated carbocycles. The van der Waals surface area contributed by atoms with E-state index in [9.17, 15) is 9.59 Å². The highest BCUT2D eigenvalue weighted by atomic mass is 16.2. The maximum absolute atomic E-state index is 12.2. The topological polar surface area (TPSA) is 58.2 Å². The Morgan fingerprint density at radius 1 is 0.415 bits per heavy atom. The molecule has 2 amide bonds. The van der Waals surface area contributed by atoms with E-state index in [0.717, 1.165) is 25.7 Å². The predicted octanol–water partition coefficient (Wildman–Crippen LogP) is 11.4. The van der Waals surface area contributed by atoms with Crippen LogP contribution in [0.15, 0.2) is 0 Å². The van der Waals surface area contributed by atoms with Crippen molar-refractivity contribution in [3.05, 3.63) is 0 Å². The van der Waals surface area contributed by atoms with Crippen LogP contribution in [0, 0.1) is 0 Å². The highest BCUT2D eigenvalue weighted by Gasteiger charge is 2.09. The van der Waals surface area contributed by atoms with Crippen LogP contribution in [-0.4, -0.2) is 24.4 Å². The molecule has 1 atom stereocenters. The van der Waals surface area contributed by atoms with Gasteiger partial charge in [-0.05, 0) is 19.8 Å². The molecular formula is C37H74N2O2. The molecule has 0 spiro atoms. The molecule has 0 saturated heterocycles. The second-order valence-electron chi connectivity index (χ2n) is 13.0. The number of unbranched alkanes of at least 4 members (excludes halogenated alkanes) is 26. The van der Waals surface area contributed by atoms with E-state index in [1.807, 2.05) is 6.92 Å². The normalized spacial score (nSPS) is 12.0. The number of hydrogen-bond acceptors (Lipinski definition) is 2. The monoisotopic (exact) mass is 579 g/mol. The number of rotatable bonds is 33. The van der Waals surface area contributed by atoms with Gasteiger partial charge in [-0.25, -0.2) is 0 Å². The van der Waals surface area contributed by atoms with Crippen LogP contribution in [-0.2, 0) is 9.59 Å². The van der Waals surface area contributed by atoms with Crippen LogP contribution < -0.4 is 10.6 Å². The highest BCUT2D eigenvalue weighted by molar-refractivity contribution is 5.77. The number of nitrogens with one attached hydrogen (secondary N) is 2. The fourth-order valence-corrected chi connectivity index (χ4v) is 5.71. The Labute approximate surface area is 257 Å². The van der Waals surface area contributed by atoms with Gasteiger partial charge >= 0.3 is 0 Å². The molecule has 244 valence electrons. The zero-order valence-corrected chi connectivity index (χ0v) is 28.3. The van der Waals surface area contributed by atoms with E-state index in [-0.39, 0.29) is 17.9 Å². The summed E-state index contributed by atoms with van der Waals surface area (Å²) in [5.41, 5.74) is 0. The van der Waals surface area contributed by atoms with Crippen LogP contribution in [0.25, 0.3) is 0 Å². The van der Waals surface area contributed by atoms with Gasteiger partial charge in [0.1, 0.15) is 0 Å². The Hall–Kier alpha value is -1.06. The van der Waals surface area contributed by atoms with E-state index in [0.29, 0.717) is 19.4 Å². The van der Waals surface area contributed by atoms with Gasteiger partial charge in [0.2, 0.25) is 11.8 Å². The van der Waals surface area contributed by atoms with Crippen LogP contribution in [0.4, 0.5) is 0 Å². The van der Waals surface area contributed by atoms with Crippen LogP contribution >= 0.6 is 0 Å². The van der Waals surface area contributed by atoms with Gasteiger partial charge in [0, 0.05) is 25.4 Å². The molecule has 0 radical (unpaired) electrons. The minimum absolute atomic E-state index is 0.00515. The molecule has 41 heavy (non-hydrogen) atoms. The molecule has 0 aliphatic carbocycles. The second-order valence-corrected chi connectivity index (χ2v) is 13.0. The van der Waals surface area contributed by atoms with E-state index in [4.69, 9.17) is 0 Å². The third-order valence-corrected chi connectivity index (χ3v) is 8.53. The average molecular weight is 579 g/mol. The molecule has 0 aliphatic rings. The molecule has 0 heterocycles. The van der Waals surface area contributed by atoms with Crippen molar-refractivity contribution in [1.82, 2.24) is 10.6 Å². The second kappa shape index (κ2) is 33.4. The van der Waals surface area contributed by atoms with Crippen molar-refractivity contribution in [3.8, 4) is 0 Å². The van der Waals surface area contributed by atoms with Crippen LogP contribution in [0.3, 0.4) is 0 Å². The van der Waals surface area contributed by atoms with Gasteiger partial charge in [-0.2, -0.15) is 0 Å². The van der Waals surface area contributed by atoms with Gasteiger partial charge in [0.15, 0.2) is 0 Å². The number of amides is 2. The zero-order chi connectivity index (χ0) is 30.1. The Kier molecular flexibility index (Phi) is 32.6. The third kappa shape index (κ3) is 33.3. The lowest BCUT2D eigenvalue weighted by Gasteiger charge is -2.15. The van der Waals surface area contributed by atoms with E-state index in [1.165, 1.54) is 154 Å². The maximum atomic E-state index is 12.2. The van der Waals surface area contributed by atoms with Crippen LogP contribution in [0.1, 0.15) is 213 Å². The van der Waals surface area contributed by atoms with Crippen molar-refractivity contribution >= 4 is 11.8 Å². The molecular weight excluding hydrogens is 504 g/mol. The number of carbonyl (C=O) groups is 2. The van der Waals surface area contributed by atoms with Gasteiger partial charge in [-0.15, -0.1) is 0 Å². The molecule has 0 aliphatic heterocycles. The minimum Gasteiger partial charge on any atom is -0.354 e. The molecule has 4 nitrogen and oxygen atoms in total. The molecule has 0 aromatic carbocycles. The Bertz CT molecular complexity index is 551. The molecule has 2 N–H and O–H groups in total. The first-order valence-corrected chi connectivity index (χ1v) is 18.7. The fraction of sp³-hybridized carbons (Fsp3) is 0.946. The van der Waals surface area contributed by atoms with Crippen LogP contribution in [0.2, 0.25) is 0 Å². The maximum Gasteiger partial charge on any atom is 0.220 e. The summed E-state index contributed by atoms with van der Waals surface area (Å²) in [6, 6.07) is -0.00515. The Balaban J connectivity index is 3.39. The molecule has 0 unspecified atom stereocenters. The zero-order valence-electron chi connectivity index (χ0n) is 28.3. The minimum atomic E-state index is -0.00515. The highest BCUT2D eigenvalue weighted by Crippen LogP contribution is 2.14. The van der Waals surface area contributed by atoms with Gasteiger partial charge in [-0.3, -0.25) is 9.59 Å². The summed E-state index contributed by atoms with van der Waals surface area (Å²) in [7, 11) is 0.